The van der Waals surface area contributed by atoms with E-state index in [1.54, 1.807) is 6.92 Å². The Morgan fingerprint density at radius 1 is 1.35 bits per heavy atom. The zero-order valence-corrected chi connectivity index (χ0v) is 12.0. The quantitative estimate of drug-likeness (QED) is 0.550. The van der Waals surface area contributed by atoms with Gasteiger partial charge in [0, 0.05) is 6.04 Å². The second-order valence-corrected chi connectivity index (χ2v) is 5.68. The molecule has 0 aromatic carbocycles. The molecule has 20 heavy (non-hydrogen) atoms. The van der Waals surface area contributed by atoms with Gasteiger partial charge in [-0.2, -0.15) is 13.2 Å². The highest BCUT2D eigenvalue weighted by molar-refractivity contribution is 5.79. The lowest BCUT2D eigenvalue weighted by molar-refractivity contribution is -0.147. The monoisotopic (exact) mass is 296 g/mol. The fourth-order valence-corrected chi connectivity index (χ4v) is 2.20. The number of ether oxygens (including phenoxy) is 1. The van der Waals surface area contributed by atoms with Crippen LogP contribution < -0.4 is 5.73 Å². The van der Waals surface area contributed by atoms with E-state index >= 15 is 0 Å². The Labute approximate surface area is 117 Å². The van der Waals surface area contributed by atoms with E-state index in [0.717, 1.165) is 12.8 Å². The SMILES string of the molecule is COC(=O)C(C)(N)CCCCN(CC(F)(F)F)C1CC1. The molecule has 0 amide bonds. The second kappa shape index (κ2) is 6.76. The molecule has 1 saturated carbocycles. The van der Waals surface area contributed by atoms with Gasteiger partial charge in [-0.15, -0.1) is 0 Å². The molecule has 2 N–H and O–H groups in total. The highest BCUT2D eigenvalue weighted by Gasteiger charge is 2.37. The maximum absolute atomic E-state index is 12.4. The molecule has 0 aliphatic heterocycles. The third-order valence-corrected chi connectivity index (χ3v) is 3.49. The zero-order chi connectivity index (χ0) is 15.4. The van der Waals surface area contributed by atoms with Crippen LogP contribution in [0.3, 0.4) is 0 Å². The molecule has 0 aromatic rings. The van der Waals surface area contributed by atoms with Crippen molar-refractivity contribution < 1.29 is 22.7 Å². The van der Waals surface area contributed by atoms with E-state index in [4.69, 9.17) is 5.73 Å². The van der Waals surface area contributed by atoms with Gasteiger partial charge in [-0.25, -0.2) is 0 Å². The average Bonchev–Trinajstić information content (AvgIpc) is 3.14. The zero-order valence-electron chi connectivity index (χ0n) is 12.0. The van der Waals surface area contributed by atoms with E-state index in [-0.39, 0.29) is 6.04 Å². The largest absolute Gasteiger partial charge is 0.468 e. The van der Waals surface area contributed by atoms with Gasteiger partial charge in [-0.05, 0) is 45.6 Å². The summed E-state index contributed by atoms with van der Waals surface area (Å²) in [7, 11) is 1.27. The number of halogens is 3. The van der Waals surface area contributed by atoms with Crippen molar-refractivity contribution in [3.05, 3.63) is 0 Å². The lowest BCUT2D eigenvalue weighted by Gasteiger charge is -2.25. The Balaban J connectivity index is 2.29. The summed E-state index contributed by atoms with van der Waals surface area (Å²) in [5, 5.41) is 0. The van der Waals surface area contributed by atoms with Crippen LogP contribution in [-0.2, 0) is 9.53 Å². The van der Waals surface area contributed by atoms with Crippen LogP contribution in [0.4, 0.5) is 13.2 Å². The standard InChI is InChI=1S/C13H23F3N2O2/c1-12(17,11(19)20-2)7-3-4-8-18(10-5-6-10)9-13(14,15)16/h10H,3-9,17H2,1-2H3. The van der Waals surface area contributed by atoms with Crippen molar-refractivity contribution >= 4 is 5.97 Å². The maximum Gasteiger partial charge on any atom is 0.401 e. The number of alkyl halides is 3. The number of methoxy groups -OCH3 is 1. The van der Waals surface area contributed by atoms with Crippen LogP contribution in [0.2, 0.25) is 0 Å². The third-order valence-electron chi connectivity index (χ3n) is 3.49. The summed E-state index contributed by atoms with van der Waals surface area (Å²) in [5.74, 6) is -0.494. The van der Waals surface area contributed by atoms with Crippen LogP contribution in [0, 0.1) is 0 Å². The first-order valence-corrected chi connectivity index (χ1v) is 6.84. The molecule has 0 bridgehead atoms. The number of nitrogens with two attached hydrogens (primary N) is 1. The number of carbonyl (C=O) groups excluding carboxylic acids is 1. The fraction of sp³-hybridized carbons (Fsp3) is 0.923. The normalized spacial score (nSPS) is 18.9. The second-order valence-electron chi connectivity index (χ2n) is 5.68. The Morgan fingerprint density at radius 3 is 2.40 bits per heavy atom. The summed E-state index contributed by atoms with van der Waals surface area (Å²) >= 11 is 0. The first-order valence-electron chi connectivity index (χ1n) is 6.84. The van der Waals surface area contributed by atoms with E-state index in [1.165, 1.54) is 12.0 Å². The first kappa shape index (κ1) is 17.2. The molecule has 1 rings (SSSR count). The molecule has 1 atom stereocenters. The molecule has 0 radical (unpaired) electrons. The summed E-state index contributed by atoms with van der Waals surface area (Å²) in [5.41, 5.74) is 4.73. The number of carbonyl (C=O) groups is 1. The molecular weight excluding hydrogens is 273 g/mol. The van der Waals surface area contributed by atoms with Crippen LogP contribution >= 0.6 is 0 Å². The van der Waals surface area contributed by atoms with Gasteiger partial charge in [-0.3, -0.25) is 9.69 Å². The highest BCUT2D eigenvalue weighted by atomic mass is 19.4. The molecule has 1 unspecified atom stereocenters. The maximum atomic E-state index is 12.4. The van der Waals surface area contributed by atoms with Crippen molar-refractivity contribution in [1.82, 2.24) is 4.90 Å². The summed E-state index contributed by atoms with van der Waals surface area (Å²) in [4.78, 5) is 12.8. The van der Waals surface area contributed by atoms with Crippen LogP contribution in [-0.4, -0.2) is 48.8 Å². The minimum absolute atomic E-state index is 0.0708. The fourth-order valence-electron chi connectivity index (χ4n) is 2.20. The number of esters is 1. The number of unbranched alkanes of at least 4 members (excludes halogenated alkanes) is 1. The number of nitrogens with zero attached hydrogens (tertiary/aromatic N) is 1. The lowest BCUT2D eigenvalue weighted by Crippen LogP contribution is -2.45. The van der Waals surface area contributed by atoms with Gasteiger partial charge in [0.25, 0.3) is 0 Å². The average molecular weight is 296 g/mol. The van der Waals surface area contributed by atoms with Crippen LogP contribution in [0.25, 0.3) is 0 Å². The van der Waals surface area contributed by atoms with Crippen molar-refractivity contribution in [3.8, 4) is 0 Å². The Morgan fingerprint density at radius 2 is 1.95 bits per heavy atom. The smallest absolute Gasteiger partial charge is 0.401 e. The van der Waals surface area contributed by atoms with E-state index in [1.807, 2.05) is 0 Å². The van der Waals surface area contributed by atoms with Crippen LogP contribution in [0.15, 0.2) is 0 Å². The topological polar surface area (TPSA) is 55.6 Å². The van der Waals surface area contributed by atoms with Crippen molar-refractivity contribution in [1.29, 1.82) is 0 Å². The van der Waals surface area contributed by atoms with Crippen molar-refractivity contribution in [2.24, 2.45) is 5.73 Å². The summed E-state index contributed by atoms with van der Waals surface area (Å²) < 4.78 is 41.8. The molecule has 7 heteroatoms. The molecule has 0 saturated heterocycles. The lowest BCUT2D eigenvalue weighted by atomic mass is 9.96. The number of hydrogen-bond acceptors (Lipinski definition) is 4. The van der Waals surface area contributed by atoms with Gasteiger partial charge < -0.3 is 10.5 Å². The van der Waals surface area contributed by atoms with Gasteiger partial charge in [0.1, 0.15) is 5.54 Å². The van der Waals surface area contributed by atoms with Gasteiger partial charge in [0.15, 0.2) is 0 Å². The molecule has 4 nitrogen and oxygen atoms in total. The first-order chi connectivity index (χ1) is 9.15. The Bertz CT molecular complexity index is 328. The molecular formula is C13H23F3N2O2. The van der Waals surface area contributed by atoms with Gasteiger partial charge in [0.2, 0.25) is 0 Å². The minimum Gasteiger partial charge on any atom is -0.468 e. The Kier molecular flexibility index (Phi) is 5.82. The third kappa shape index (κ3) is 6.09. The minimum atomic E-state index is -4.16. The Hall–Kier alpha value is -0.820. The van der Waals surface area contributed by atoms with E-state index in [2.05, 4.69) is 4.74 Å². The van der Waals surface area contributed by atoms with Crippen molar-refractivity contribution in [2.45, 2.75) is 56.8 Å². The van der Waals surface area contributed by atoms with E-state index in [0.29, 0.717) is 25.8 Å². The van der Waals surface area contributed by atoms with E-state index in [9.17, 15) is 18.0 Å². The van der Waals surface area contributed by atoms with E-state index < -0.39 is 24.2 Å². The highest BCUT2D eigenvalue weighted by Crippen LogP contribution is 2.30. The number of hydrogen-bond donors (Lipinski definition) is 1. The molecule has 1 fully saturated rings. The molecule has 1 aliphatic carbocycles. The van der Waals surface area contributed by atoms with Crippen LogP contribution in [0.5, 0.6) is 0 Å². The summed E-state index contributed by atoms with van der Waals surface area (Å²) in [6.45, 7) is 1.11. The van der Waals surface area contributed by atoms with Gasteiger partial charge >= 0.3 is 12.1 Å². The summed E-state index contributed by atoms with van der Waals surface area (Å²) in [6, 6.07) is 0.0708. The summed E-state index contributed by atoms with van der Waals surface area (Å²) in [6.07, 6.45) is -0.875. The van der Waals surface area contributed by atoms with Crippen molar-refractivity contribution in [3.63, 3.8) is 0 Å². The van der Waals surface area contributed by atoms with Gasteiger partial charge in [-0.1, -0.05) is 0 Å². The molecule has 118 valence electrons. The van der Waals surface area contributed by atoms with Crippen LogP contribution in [0.1, 0.15) is 39.0 Å². The molecule has 1 aliphatic rings. The molecule has 0 spiro atoms. The van der Waals surface area contributed by atoms with Crippen molar-refractivity contribution in [2.75, 3.05) is 20.2 Å². The number of rotatable bonds is 8. The predicted molar refractivity (Wildman–Crippen MR) is 69.1 cm³/mol. The van der Waals surface area contributed by atoms with Gasteiger partial charge in [0.05, 0.1) is 13.7 Å². The molecule has 0 aromatic heterocycles. The predicted octanol–water partition coefficient (Wildman–Crippen LogP) is 2.07. The molecule has 0 heterocycles.